The van der Waals surface area contributed by atoms with Crippen molar-refractivity contribution >= 4 is 47.0 Å². The van der Waals surface area contributed by atoms with Crippen LogP contribution in [0, 0.1) is 17.3 Å². The zero-order valence-corrected chi connectivity index (χ0v) is 44.4. The predicted octanol–water partition coefficient (Wildman–Crippen LogP) is 12.2. The second-order valence-corrected chi connectivity index (χ2v) is 21.0. The lowest BCUT2D eigenvalue weighted by molar-refractivity contribution is -0.230. The molecule has 6 rings (SSSR count). The third-order valence-corrected chi connectivity index (χ3v) is 14.9. The van der Waals surface area contributed by atoms with E-state index in [9.17, 15) is 29.4 Å². The van der Waals surface area contributed by atoms with E-state index >= 15 is 0 Å². The summed E-state index contributed by atoms with van der Waals surface area (Å²) in [5, 5.41) is 24.6. The Hall–Kier alpha value is -5.92. The van der Waals surface area contributed by atoms with E-state index in [1.165, 1.54) is 63.5 Å². The highest BCUT2D eigenvalue weighted by atomic mass is 16.5. The average Bonchev–Trinajstić information content (AvgIpc) is 3.41. The van der Waals surface area contributed by atoms with Gasteiger partial charge in [0.15, 0.2) is 5.78 Å². The van der Waals surface area contributed by atoms with Gasteiger partial charge in [-0.3, -0.25) is 19.2 Å². The van der Waals surface area contributed by atoms with Crippen LogP contribution in [-0.4, -0.2) is 64.9 Å². The molecule has 4 aromatic rings. The first-order valence-corrected chi connectivity index (χ1v) is 27.7. The SMILES string of the molecule is CCCCCCCOC1CCC(C(=O)Oc2ccc(/C=C/C(=O)CC(Cc3ccc(N)cc3)(Cc3ccc(N)cc3)C(O)(O)C(=O)/C=C/c3ccc(OC(=O)C4CCC(OCCCCCCC)CC4)cc3)cc2)CC1. The number of hydrogen-bond acceptors (Lipinski definition) is 12. The Morgan fingerprint density at radius 2 is 0.907 bits per heavy atom. The summed E-state index contributed by atoms with van der Waals surface area (Å²) >= 11 is 0. The number of rotatable bonds is 30. The number of unbranched alkanes of at least 4 members (excludes halogenated alkanes) is 8. The van der Waals surface area contributed by atoms with Crippen molar-refractivity contribution in [1.29, 1.82) is 0 Å². The molecule has 404 valence electrons. The number of benzene rings is 4. The summed E-state index contributed by atoms with van der Waals surface area (Å²) in [6.45, 7) is 5.94. The zero-order valence-electron chi connectivity index (χ0n) is 44.4. The standard InChI is InChI=1S/C63H82N2O10/c1-3-5-7-9-11-41-72-55-36-23-50(24-37-55)60(68)74-57-32-18-46(19-33-57)17-31-54(66)45-62(43-48-13-27-52(64)28-14-48,44-49-15-29-53(65)30-16-49)63(70,71)59(67)40-22-47-20-34-58(35-21-47)75-61(69)51-25-38-56(39-26-51)73-42-12-10-8-6-4-2/h13-22,27-35,40,50-51,55-56,70-71H,3-12,23-26,36-39,41-45,64-65H2,1-2H3/b31-17+,40-22+. The number of carbonyl (C=O) groups excluding carboxylic acids is 4. The van der Waals surface area contributed by atoms with E-state index in [4.69, 9.17) is 30.4 Å². The first-order chi connectivity index (χ1) is 36.2. The van der Waals surface area contributed by atoms with Crippen LogP contribution in [0.3, 0.4) is 0 Å². The highest BCUT2D eigenvalue weighted by Gasteiger charge is 2.54. The van der Waals surface area contributed by atoms with Gasteiger partial charge >= 0.3 is 11.9 Å². The van der Waals surface area contributed by atoms with Crippen LogP contribution in [0.5, 0.6) is 11.5 Å². The van der Waals surface area contributed by atoms with Crippen LogP contribution in [0.2, 0.25) is 0 Å². The van der Waals surface area contributed by atoms with Crippen LogP contribution < -0.4 is 20.9 Å². The van der Waals surface area contributed by atoms with Crippen LogP contribution in [-0.2, 0) is 41.5 Å². The topological polar surface area (TPSA) is 198 Å². The molecule has 4 aromatic carbocycles. The van der Waals surface area contributed by atoms with Gasteiger partial charge in [0.25, 0.3) is 0 Å². The van der Waals surface area contributed by atoms with Gasteiger partial charge in [-0.1, -0.05) is 126 Å². The van der Waals surface area contributed by atoms with E-state index in [0.29, 0.717) is 58.0 Å². The zero-order chi connectivity index (χ0) is 53.5. The summed E-state index contributed by atoms with van der Waals surface area (Å²) in [6, 6.07) is 27.1. The second kappa shape index (κ2) is 30.0. The molecule has 0 unspecified atom stereocenters. The van der Waals surface area contributed by atoms with Gasteiger partial charge in [0.05, 0.1) is 24.0 Å². The van der Waals surface area contributed by atoms with Gasteiger partial charge in [-0.15, -0.1) is 0 Å². The van der Waals surface area contributed by atoms with Crippen molar-refractivity contribution < 1.29 is 48.3 Å². The number of carbonyl (C=O) groups is 4. The lowest BCUT2D eigenvalue weighted by Crippen LogP contribution is -2.57. The van der Waals surface area contributed by atoms with Crippen molar-refractivity contribution in [3.05, 3.63) is 131 Å². The van der Waals surface area contributed by atoms with Crippen LogP contribution in [0.25, 0.3) is 12.2 Å². The normalized spacial score (nSPS) is 18.3. The minimum Gasteiger partial charge on any atom is -0.426 e. The Labute approximate surface area is 445 Å². The van der Waals surface area contributed by atoms with Crippen molar-refractivity contribution in [3.63, 3.8) is 0 Å². The maximum atomic E-state index is 14.3. The van der Waals surface area contributed by atoms with E-state index in [1.807, 2.05) is 0 Å². The van der Waals surface area contributed by atoms with Crippen molar-refractivity contribution in [2.24, 2.45) is 17.3 Å². The molecular weight excluding hydrogens is 945 g/mol. The number of hydrogen-bond donors (Lipinski definition) is 4. The Morgan fingerprint density at radius 3 is 1.31 bits per heavy atom. The lowest BCUT2D eigenvalue weighted by Gasteiger charge is -2.42. The smallest absolute Gasteiger partial charge is 0.314 e. The number of nitrogens with two attached hydrogens (primary N) is 2. The minimum absolute atomic E-state index is 0.0917. The van der Waals surface area contributed by atoms with E-state index in [-0.39, 0.29) is 48.8 Å². The average molecular weight is 1030 g/mol. The summed E-state index contributed by atoms with van der Waals surface area (Å²) < 4.78 is 23.7. The molecule has 0 heterocycles. The van der Waals surface area contributed by atoms with Gasteiger partial charge in [-0.25, -0.2) is 0 Å². The Kier molecular flexibility index (Phi) is 23.3. The van der Waals surface area contributed by atoms with Gasteiger partial charge in [-0.2, -0.15) is 0 Å². The molecule has 6 N–H and O–H groups in total. The van der Waals surface area contributed by atoms with Gasteiger partial charge in [0, 0.05) is 36.4 Å². The van der Waals surface area contributed by atoms with E-state index in [0.717, 1.165) is 70.7 Å². The molecule has 0 aliphatic heterocycles. The van der Waals surface area contributed by atoms with Crippen molar-refractivity contribution in [1.82, 2.24) is 0 Å². The number of allylic oxidation sites excluding steroid dienone is 1. The van der Waals surface area contributed by atoms with Crippen molar-refractivity contribution in [3.8, 4) is 11.5 Å². The van der Waals surface area contributed by atoms with Gasteiger partial charge in [0.1, 0.15) is 11.5 Å². The summed E-state index contributed by atoms with van der Waals surface area (Å²) in [4.78, 5) is 54.7. The first kappa shape index (κ1) is 58.3. The molecule has 12 nitrogen and oxygen atoms in total. The summed E-state index contributed by atoms with van der Waals surface area (Å²) in [7, 11) is 0. The molecule has 0 radical (unpaired) electrons. The number of ether oxygens (including phenoxy) is 4. The molecule has 2 fully saturated rings. The first-order valence-electron chi connectivity index (χ1n) is 27.7. The summed E-state index contributed by atoms with van der Waals surface area (Å²) in [5.74, 6) is -4.76. The van der Waals surface area contributed by atoms with E-state index < -0.39 is 29.2 Å². The molecule has 0 saturated heterocycles. The Bertz CT molecular complexity index is 2380. The molecule has 2 saturated carbocycles. The number of esters is 2. The number of anilines is 2. The van der Waals surface area contributed by atoms with Gasteiger partial charge in [0.2, 0.25) is 11.6 Å². The van der Waals surface area contributed by atoms with E-state index in [1.54, 1.807) is 103 Å². The fourth-order valence-corrected chi connectivity index (χ4v) is 10.3. The quantitative estimate of drug-likeness (QED) is 0.00964. The third kappa shape index (κ3) is 18.7. The second-order valence-electron chi connectivity index (χ2n) is 21.0. The maximum Gasteiger partial charge on any atom is 0.314 e. The largest absolute Gasteiger partial charge is 0.426 e. The molecule has 2 aliphatic carbocycles. The van der Waals surface area contributed by atoms with Gasteiger partial charge < -0.3 is 40.6 Å². The fourth-order valence-electron chi connectivity index (χ4n) is 10.3. The maximum absolute atomic E-state index is 14.3. The van der Waals surface area contributed by atoms with E-state index in [2.05, 4.69) is 13.8 Å². The Morgan fingerprint density at radius 1 is 0.520 bits per heavy atom. The van der Waals surface area contributed by atoms with Crippen LogP contribution in [0.4, 0.5) is 11.4 Å². The van der Waals surface area contributed by atoms with Crippen LogP contribution in [0.1, 0.15) is 158 Å². The van der Waals surface area contributed by atoms with Crippen molar-refractivity contribution in [2.45, 2.75) is 167 Å². The molecule has 2 aliphatic rings. The van der Waals surface area contributed by atoms with Gasteiger partial charge in [-0.05, 0) is 160 Å². The number of nitrogen functional groups attached to an aromatic ring is 2. The third-order valence-electron chi connectivity index (χ3n) is 14.9. The highest BCUT2D eigenvalue weighted by Crippen LogP contribution is 2.43. The van der Waals surface area contributed by atoms with Crippen molar-refractivity contribution in [2.75, 3.05) is 24.7 Å². The predicted molar refractivity (Wildman–Crippen MR) is 296 cm³/mol. The number of aliphatic hydroxyl groups is 2. The minimum atomic E-state index is -3.07. The molecule has 12 heteroatoms. The molecule has 0 amide bonds. The number of ketones is 2. The lowest BCUT2D eigenvalue weighted by atomic mass is 9.65. The van der Waals surface area contributed by atoms with Crippen LogP contribution >= 0.6 is 0 Å². The molecule has 0 atom stereocenters. The summed E-state index contributed by atoms with van der Waals surface area (Å²) in [5.41, 5.74) is 13.7. The fraction of sp³-hybridized carbons (Fsp3) is 0.492. The Balaban J connectivity index is 1.10. The monoisotopic (exact) mass is 1030 g/mol. The molecule has 0 spiro atoms. The summed E-state index contributed by atoms with van der Waals surface area (Å²) in [6.07, 6.45) is 23.3. The molecule has 0 bridgehead atoms. The highest BCUT2D eigenvalue weighted by molar-refractivity contribution is 6.01. The van der Waals surface area contributed by atoms with Crippen LogP contribution in [0.15, 0.2) is 109 Å². The molecule has 75 heavy (non-hydrogen) atoms. The molecular formula is C63H82N2O10. The molecule has 0 aromatic heterocycles.